The van der Waals surface area contributed by atoms with E-state index in [-0.39, 0.29) is 17.2 Å². The summed E-state index contributed by atoms with van der Waals surface area (Å²) in [5.74, 6) is 1.82. The van der Waals surface area contributed by atoms with Gasteiger partial charge in [-0.2, -0.15) is 5.10 Å². The molecule has 0 bridgehead atoms. The maximum Gasteiger partial charge on any atom is 0.244 e. The fourth-order valence-electron chi connectivity index (χ4n) is 4.78. The Kier molecular flexibility index (Phi) is 6.58. The van der Waals surface area contributed by atoms with E-state index >= 15 is 0 Å². The number of hydrazone groups is 1. The van der Waals surface area contributed by atoms with Crippen molar-refractivity contribution in [1.29, 1.82) is 0 Å². The summed E-state index contributed by atoms with van der Waals surface area (Å²) in [7, 11) is 1.59. The van der Waals surface area contributed by atoms with E-state index < -0.39 is 0 Å². The quantitative estimate of drug-likeness (QED) is 0.373. The molecule has 2 saturated carbocycles. The fraction of sp³-hybridized carbons (Fsp3) is 0.417. The monoisotopic (exact) mass is 504 g/mol. The molecule has 0 aliphatic heterocycles. The van der Waals surface area contributed by atoms with Crippen LogP contribution in [0.15, 0.2) is 46.0 Å². The van der Waals surface area contributed by atoms with Crippen molar-refractivity contribution in [3.05, 3.63) is 57.0 Å². The van der Waals surface area contributed by atoms with E-state index in [4.69, 9.17) is 21.1 Å². The van der Waals surface area contributed by atoms with E-state index in [9.17, 15) is 4.79 Å². The van der Waals surface area contributed by atoms with E-state index in [1.54, 1.807) is 13.3 Å². The predicted octanol–water partition coefficient (Wildman–Crippen LogP) is 5.97. The van der Waals surface area contributed by atoms with Gasteiger partial charge in [0.05, 0.1) is 17.8 Å². The number of carbonyl (C=O) groups is 1. The predicted molar refractivity (Wildman–Crippen MR) is 126 cm³/mol. The summed E-state index contributed by atoms with van der Waals surface area (Å²) < 4.78 is 12.2. The van der Waals surface area contributed by atoms with Crippen LogP contribution in [0, 0.1) is 17.3 Å². The number of rotatable bonds is 7. The summed E-state index contributed by atoms with van der Waals surface area (Å²) in [6.07, 6.45) is 6.37. The molecule has 4 rings (SSSR count). The third kappa shape index (κ3) is 4.75. The summed E-state index contributed by atoms with van der Waals surface area (Å²) in [6, 6.07) is 11.2. The first-order chi connectivity index (χ1) is 14.9. The summed E-state index contributed by atoms with van der Waals surface area (Å²) in [5.41, 5.74) is 4.70. The molecule has 0 radical (unpaired) electrons. The normalized spacial score (nSPS) is 24.5. The van der Waals surface area contributed by atoms with E-state index in [1.807, 2.05) is 36.4 Å². The van der Waals surface area contributed by atoms with Gasteiger partial charge in [-0.3, -0.25) is 4.79 Å². The Morgan fingerprint density at radius 1 is 1.32 bits per heavy atom. The molecule has 3 atom stereocenters. The molecule has 1 amide bonds. The first-order valence-corrected chi connectivity index (χ1v) is 11.7. The number of benzene rings is 2. The minimum atomic E-state index is 0.0274. The van der Waals surface area contributed by atoms with Gasteiger partial charge in [-0.1, -0.05) is 43.5 Å². The molecule has 2 aliphatic rings. The van der Waals surface area contributed by atoms with Crippen LogP contribution in [0.5, 0.6) is 11.5 Å². The summed E-state index contributed by atoms with van der Waals surface area (Å²) in [5, 5.41) is 4.87. The first-order valence-electron chi connectivity index (χ1n) is 10.5. The molecular formula is C24H26BrClN2O3. The third-order valence-electron chi connectivity index (χ3n) is 6.55. The molecule has 0 saturated heterocycles. The highest BCUT2D eigenvalue weighted by Crippen LogP contribution is 2.66. The molecule has 1 N–H and O–H groups in total. The van der Waals surface area contributed by atoms with Crippen LogP contribution < -0.4 is 14.9 Å². The minimum Gasteiger partial charge on any atom is -0.493 e. The first kappa shape index (κ1) is 22.2. The van der Waals surface area contributed by atoms with Gasteiger partial charge in [0.15, 0.2) is 11.5 Å². The standard InChI is InChI=1S/C24H26BrClN2O3/c1-24-10-4-3-5-18(24)21(24)23(29)28-27-13-16-11-19(25)22(20(12-16)30-2)31-14-15-6-8-17(26)9-7-15/h6-9,11-13,18,21H,3-5,10,14H2,1-2H3,(H,28,29)/b27-13-/t18-,21-,24+/m0/s1. The van der Waals surface area contributed by atoms with Gasteiger partial charge in [-0.15, -0.1) is 0 Å². The topological polar surface area (TPSA) is 59.9 Å². The van der Waals surface area contributed by atoms with Crippen LogP contribution in [0.4, 0.5) is 0 Å². The second-order valence-electron chi connectivity index (χ2n) is 8.52. The van der Waals surface area contributed by atoms with Crippen molar-refractivity contribution in [2.24, 2.45) is 22.4 Å². The largest absolute Gasteiger partial charge is 0.493 e. The summed E-state index contributed by atoms with van der Waals surface area (Å²) >= 11 is 9.48. The van der Waals surface area contributed by atoms with Crippen molar-refractivity contribution in [1.82, 2.24) is 5.43 Å². The van der Waals surface area contributed by atoms with Crippen molar-refractivity contribution >= 4 is 39.7 Å². The van der Waals surface area contributed by atoms with Crippen LogP contribution in [-0.2, 0) is 11.4 Å². The van der Waals surface area contributed by atoms with Crippen LogP contribution in [0.2, 0.25) is 5.02 Å². The van der Waals surface area contributed by atoms with E-state index in [1.165, 1.54) is 12.8 Å². The number of hydrogen-bond acceptors (Lipinski definition) is 4. The number of nitrogens with zero attached hydrogens (tertiary/aromatic N) is 1. The lowest BCUT2D eigenvalue weighted by Crippen LogP contribution is -2.22. The van der Waals surface area contributed by atoms with Crippen LogP contribution in [-0.4, -0.2) is 19.2 Å². The Labute approximate surface area is 196 Å². The highest BCUT2D eigenvalue weighted by Gasteiger charge is 2.64. The van der Waals surface area contributed by atoms with Gasteiger partial charge in [0.25, 0.3) is 0 Å². The zero-order chi connectivity index (χ0) is 22.0. The number of nitrogens with one attached hydrogen (secondary N) is 1. The molecule has 2 aliphatic carbocycles. The lowest BCUT2D eigenvalue weighted by atomic mass is 9.90. The summed E-state index contributed by atoms with van der Waals surface area (Å²) in [6.45, 7) is 2.62. The van der Waals surface area contributed by atoms with Gasteiger partial charge >= 0.3 is 0 Å². The van der Waals surface area contributed by atoms with Crippen LogP contribution in [0.3, 0.4) is 0 Å². The highest BCUT2D eigenvalue weighted by atomic mass is 79.9. The SMILES string of the molecule is COc1cc(/C=N\NC(=O)[C@@H]2[C@@H]3CCCC[C@@]23C)cc(Br)c1OCc1ccc(Cl)cc1. The Hall–Kier alpha value is -2.05. The Balaban J connectivity index is 1.39. The van der Waals surface area contributed by atoms with Crippen molar-refractivity contribution in [3.63, 3.8) is 0 Å². The van der Waals surface area contributed by atoms with Gasteiger partial charge in [0.2, 0.25) is 5.91 Å². The molecule has 0 unspecified atom stereocenters. The molecule has 0 aromatic heterocycles. The minimum absolute atomic E-state index is 0.0274. The lowest BCUT2D eigenvalue weighted by Gasteiger charge is -2.15. The average Bonchev–Trinajstić information content (AvgIpc) is 3.39. The highest BCUT2D eigenvalue weighted by molar-refractivity contribution is 9.10. The van der Waals surface area contributed by atoms with Crippen molar-refractivity contribution in [2.45, 2.75) is 39.2 Å². The Morgan fingerprint density at radius 2 is 2.10 bits per heavy atom. The molecule has 0 spiro atoms. The van der Waals surface area contributed by atoms with Crippen LogP contribution in [0.1, 0.15) is 43.7 Å². The number of fused-ring (bicyclic) bond motifs is 1. The number of carbonyl (C=O) groups excluding carboxylic acids is 1. The number of halogens is 2. The van der Waals surface area contributed by atoms with Gasteiger partial charge in [0.1, 0.15) is 6.61 Å². The molecule has 5 nitrogen and oxygen atoms in total. The van der Waals surface area contributed by atoms with Crippen molar-refractivity contribution in [3.8, 4) is 11.5 Å². The molecule has 2 aromatic carbocycles. The smallest absolute Gasteiger partial charge is 0.244 e. The molecule has 2 aromatic rings. The van der Waals surface area contributed by atoms with E-state index in [0.717, 1.165) is 28.4 Å². The number of ether oxygens (including phenoxy) is 2. The van der Waals surface area contributed by atoms with Gasteiger partial charge < -0.3 is 9.47 Å². The second-order valence-corrected chi connectivity index (χ2v) is 9.81. The van der Waals surface area contributed by atoms with Crippen LogP contribution in [0.25, 0.3) is 0 Å². The molecule has 31 heavy (non-hydrogen) atoms. The van der Waals surface area contributed by atoms with Crippen molar-refractivity contribution in [2.75, 3.05) is 7.11 Å². The third-order valence-corrected chi connectivity index (χ3v) is 7.39. The van der Waals surface area contributed by atoms with Crippen LogP contribution >= 0.6 is 27.5 Å². The maximum absolute atomic E-state index is 12.6. The fourth-order valence-corrected chi connectivity index (χ4v) is 5.48. The number of methoxy groups -OCH3 is 1. The molecule has 2 fully saturated rings. The second kappa shape index (κ2) is 9.21. The van der Waals surface area contributed by atoms with E-state index in [0.29, 0.717) is 29.0 Å². The molecule has 7 heteroatoms. The van der Waals surface area contributed by atoms with Gasteiger partial charge in [-0.05, 0) is 75.5 Å². The number of hydrogen-bond donors (Lipinski definition) is 1. The zero-order valence-electron chi connectivity index (χ0n) is 17.7. The molecular weight excluding hydrogens is 480 g/mol. The Morgan fingerprint density at radius 3 is 2.77 bits per heavy atom. The average molecular weight is 506 g/mol. The number of amides is 1. The molecule has 0 heterocycles. The van der Waals surface area contributed by atoms with Gasteiger partial charge in [-0.25, -0.2) is 5.43 Å². The summed E-state index contributed by atoms with van der Waals surface area (Å²) in [4.78, 5) is 12.6. The maximum atomic E-state index is 12.6. The lowest BCUT2D eigenvalue weighted by molar-refractivity contribution is -0.123. The van der Waals surface area contributed by atoms with Gasteiger partial charge in [0, 0.05) is 10.9 Å². The Bertz CT molecular complexity index is 995. The zero-order valence-corrected chi connectivity index (χ0v) is 20.0. The van der Waals surface area contributed by atoms with E-state index in [2.05, 4.69) is 33.4 Å². The molecule has 164 valence electrons. The van der Waals surface area contributed by atoms with Crippen molar-refractivity contribution < 1.29 is 14.3 Å².